The van der Waals surface area contributed by atoms with Crippen molar-refractivity contribution in [1.82, 2.24) is 9.88 Å². The molecule has 4 nitrogen and oxygen atoms in total. The maximum Gasteiger partial charge on any atom is 0.0950 e. The van der Waals surface area contributed by atoms with Crippen molar-refractivity contribution in [1.29, 1.82) is 0 Å². The maximum absolute atomic E-state index is 5.79. The Hall–Kier alpha value is -1.17. The van der Waals surface area contributed by atoms with E-state index in [1.165, 1.54) is 0 Å². The minimum absolute atomic E-state index is 0.181. The SMILES string of the molecule is CN(Cc1cscn1)C(CN)c1ccoc1. The molecule has 0 spiro atoms. The van der Waals surface area contributed by atoms with Crippen LogP contribution in [0, 0.1) is 0 Å². The molecule has 0 saturated heterocycles. The Morgan fingerprint density at radius 3 is 3.06 bits per heavy atom. The Morgan fingerprint density at radius 1 is 1.62 bits per heavy atom. The molecule has 0 aliphatic rings. The van der Waals surface area contributed by atoms with Gasteiger partial charge in [0.2, 0.25) is 0 Å². The summed E-state index contributed by atoms with van der Waals surface area (Å²) in [6, 6.07) is 2.13. The zero-order valence-corrected chi connectivity index (χ0v) is 9.98. The fraction of sp³-hybridized carbons (Fsp3) is 0.364. The Morgan fingerprint density at radius 2 is 2.50 bits per heavy atom. The topological polar surface area (TPSA) is 55.3 Å². The lowest BCUT2D eigenvalue weighted by atomic mass is 10.1. The van der Waals surface area contributed by atoms with Crippen molar-refractivity contribution in [3.63, 3.8) is 0 Å². The van der Waals surface area contributed by atoms with Crippen molar-refractivity contribution < 1.29 is 4.42 Å². The van der Waals surface area contributed by atoms with Crippen LogP contribution in [0.15, 0.2) is 33.9 Å². The number of thiazole rings is 1. The highest BCUT2D eigenvalue weighted by atomic mass is 32.1. The van der Waals surface area contributed by atoms with Gasteiger partial charge in [0.15, 0.2) is 0 Å². The molecular formula is C11H15N3OS. The number of hydrogen-bond acceptors (Lipinski definition) is 5. The molecule has 1 unspecified atom stereocenters. The lowest BCUT2D eigenvalue weighted by Crippen LogP contribution is -2.29. The van der Waals surface area contributed by atoms with E-state index in [2.05, 4.69) is 15.3 Å². The molecule has 86 valence electrons. The normalized spacial score (nSPS) is 13.2. The number of nitrogens with two attached hydrogens (primary N) is 1. The number of likely N-dealkylation sites (N-methyl/N-ethyl adjacent to an activating group) is 1. The molecule has 0 bridgehead atoms. The first kappa shape index (κ1) is 11.3. The Labute approximate surface area is 98.7 Å². The first-order chi connectivity index (χ1) is 7.81. The third kappa shape index (κ3) is 2.49. The summed E-state index contributed by atoms with van der Waals surface area (Å²) in [5, 5.41) is 2.06. The standard InChI is InChI=1S/C11H15N3OS/c1-14(5-10-7-16-8-13-10)11(4-12)9-2-3-15-6-9/h2-3,6-8,11H,4-5,12H2,1H3. The summed E-state index contributed by atoms with van der Waals surface area (Å²) in [7, 11) is 2.05. The monoisotopic (exact) mass is 237 g/mol. The molecule has 2 aromatic rings. The average molecular weight is 237 g/mol. The van der Waals surface area contributed by atoms with Gasteiger partial charge in [0.1, 0.15) is 0 Å². The summed E-state index contributed by atoms with van der Waals surface area (Å²) in [5.41, 5.74) is 9.83. The average Bonchev–Trinajstić information content (AvgIpc) is 2.91. The van der Waals surface area contributed by atoms with Gasteiger partial charge >= 0.3 is 0 Å². The van der Waals surface area contributed by atoms with E-state index < -0.39 is 0 Å². The second-order valence-corrected chi connectivity index (χ2v) is 4.42. The van der Waals surface area contributed by atoms with Crippen molar-refractivity contribution in [2.45, 2.75) is 12.6 Å². The first-order valence-electron chi connectivity index (χ1n) is 5.10. The minimum Gasteiger partial charge on any atom is -0.472 e. The predicted molar refractivity (Wildman–Crippen MR) is 64.1 cm³/mol. The van der Waals surface area contributed by atoms with Crippen LogP contribution in [0.25, 0.3) is 0 Å². The van der Waals surface area contributed by atoms with E-state index in [9.17, 15) is 0 Å². The third-order valence-electron chi connectivity index (χ3n) is 2.58. The second-order valence-electron chi connectivity index (χ2n) is 3.70. The quantitative estimate of drug-likeness (QED) is 0.862. The number of hydrogen-bond donors (Lipinski definition) is 1. The van der Waals surface area contributed by atoms with E-state index in [1.54, 1.807) is 23.9 Å². The van der Waals surface area contributed by atoms with E-state index in [1.807, 2.05) is 18.6 Å². The van der Waals surface area contributed by atoms with Crippen LogP contribution in [0.5, 0.6) is 0 Å². The van der Waals surface area contributed by atoms with Gasteiger partial charge < -0.3 is 10.2 Å². The van der Waals surface area contributed by atoms with Crippen LogP contribution in [-0.2, 0) is 6.54 Å². The summed E-state index contributed by atoms with van der Waals surface area (Å²) in [4.78, 5) is 6.45. The summed E-state index contributed by atoms with van der Waals surface area (Å²) in [6.07, 6.45) is 3.42. The zero-order valence-electron chi connectivity index (χ0n) is 9.17. The van der Waals surface area contributed by atoms with Crippen LogP contribution in [-0.4, -0.2) is 23.5 Å². The number of rotatable bonds is 5. The summed E-state index contributed by atoms with van der Waals surface area (Å²) in [6.45, 7) is 1.37. The molecule has 0 aromatic carbocycles. The van der Waals surface area contributed by atoms with Gasteiger partial charge in [-0.1, -0.05) is 0 Å². The highest BCUT2D eigenvalue weighted by molar-refractivity contribution is 7.07. The van der Waals surface area contributed by atoms with Crippen LogP contribution in [0.4, 0.5) is 0 Å². The first-order valence-corrected chi connectivity index (χ1v) is 6.05. The molecule has 0 aliphatic heterocycles. The maximum atomic E-state index is 5.79. The van der Waals surface area contributed by atoms with Gasteiger partial charge in [0, 0.05) is 24.0 Å². The largest absolute Gasteiger partial charge is 0.472 e. The molecule has 2 rings (SSSR count). The molecule has 0 radical (unpaired) electrons. The lowest BCUT2D eigenvalue weighted by molar-refractivity contribution is 0.238. The molecular weight excluding hydrogens is 222 g/mol. The van der Waals surface area contributed by atoms with Crippen LogP contribution in [0.3, 0.4) is 0 Å². The zero-order chi connectivity index (χ0) is 11.4. The molecule has 2 heterocycles. The van der Waals surface area contributed by atoms with Crippen molar-refractivity contribution in [2.24, 2.45) is 5.73 Å². The number of aromatic nitrogens is 1. The number of nitrogens with zero attached hydrogens (tertiary/aromatic N) is 2. The summed E-state index contributed by atoms with van der Waals surface area (Å²) >= 11 is 1.61. The van der Waals surface area contributed by atoms with Crippen molar-refractivity contribution in [3.05, 3.63) is 40.7 Å². The van der Waals surface area contributed by atoms with Crippen molar-refractivity contribution in [3.8, 4) is 0 Å². The van der Waals surface area contributed by atoms with E-state index in [0.29, 0.717) is 6.54 Å². The van der Waals surface area contributed by atoms with Gasteiger partial charge in [0.05, 0.1) is 29.8 Å². The smallest absolute Gasteiger partial charge is 0.0950 e. The van der Waals surface area contributed by atoms with Crippen LogP contribution in [0.2, 0.25) is 0 Å². The van der Waals surface area contributed by atoms with Crippen LogP contribution in [0.1, 0.15) is 17.3 Å². The molecule has 0 amide bonds. The van der Waals surface area contributed by atoms with Gasteiger partial charge in [-0.05, 0) is 13.1 Å². The van der Waals surface area contributed by atoms with Crippen molar-refractivity contribution in [2.75, 3.05) is 13.6 Å². The van der Waals surface area contributed by atoms with Gasteiger partial charge in [-0.3, -0.25) is 4.90 Å². The third-order valence-corrected chi connectivity index (χ3v) is 3.21. The molecule has 0 aliphatic carbocycles. The summed E-state index contributed by atoms with van der Waals surface area (Å²) in [5.74, 6) is 0. The Bertz CT molecular complexity index is 399. The van der Waals surface area contributed by atoms with Crippen LogP contribution >= 0.6 is 11.3 Å². The molecule has 16 heavy (non-hydrogen) atoms. The van der Waals surface area contributed by atoms with Gasteiger partial charge in [-0.15, -0.1) is 11.3 Å². The minimum atomic E-state index is 0.181. The van der Waals surface area contributed by atoms with Crippen LogP contribution < -0.4 is 5.73 Å². The fourth-order valence-corrected chi connectivity index (χ4v) is 2.27. The molecule has 1 atom stereocenters. The van der Waals surface area contributed by atoms with E-state index in [-0.39, 0.29) is 6.04 Å². The van der Waals surface area contributed by atoms with Crippen molar-refractivity contribution >= 4 is 11.3 Å². The lowest BCUT2D eigenvalue weighted by Gasteiger charge is -2.25. The van der Waals surface area contributed by atoms with E-state index >= 15 is 0 Å². The fourth-order valence-electron chi connectivity index (χ4n) is 1.72. The summed E-state index contributed by atoms with van der Waals surface area (Å²) < 4.78 is 5.09. The highest BCUT2D eigenvalue weighted by Crippen LogP contribution is 2.20. The number of furan rings is 1. The molecule has 0 saturated carbocycles. The predicted octanol–water partition coefficient (Wildman–Crippen LogP) is 1.87. The second kappa shape index (κ2) is 5.25. The molecule has 2 aromatic heterocycles. The Balaban J connectivity index is 2.04. The van der Waals surface area contributed by atoms with Gasteiger partial charge in [0.25, 0.3) is 0 Å². The molecule has 5 heteroatoms. The van der Waals surface area contributed by atoms with E-state index in [4.69, 9.17) is 10.2 Å². The highest BCUT2D eigenvalue weighted by Gasteiger charge is 2.17. The van der Waals surface area contributed by atoms with E-state index in [0.717, 1.165) is 17.8 Å². The van der Waals surface area contributed by atoms with Gasteiger partial charge in [-0.2, -0.15) is 0 Å². The van der Waals surface area contributed by atoms with Gasteiger partial charge in [-0.25, -0.2) is 4.98 Å². The molecule has 0 fully saturated rings. The molecule has 2 N–H and O–H groups in total. The Kier molecular flexibility index (Phi) is 3.71.